The predicted octanol–water partition coefficient (Wildman–Crippen LogP) is 3.41. The van der Waals surface area contributed by atoms with E-state index in [1.165, 1.54) is 11.1 Å². The lowest BCUT2D eigenvalue weighted by atomic mass is 10.1. The summed E-state index contributed by atoms with van der Waals surface area (Å²) in [6, 6.07) is 6.24. The van der Waals surface area contributed by atoms with E-state index in [0.29, 0.717) is 5.15 Å². The van der Waals surface area contributed by atoms with Crippen molar-refractivity contribution >= 4 is 11.6 Å². The molecule has 0 amide bonds. The molecule has 2 rings (SSSR count). The lowest BCUT2D eigenvalue weighted by molar-refractivity contribution is 1.20. The Morgan fingerprint density at radius 1 is 0.933 bits per heavy atom. The maximum atomic E-state index is 5.99. The first-order valence-corrected chi connectivity index (χ1v) is 5.10. The largest absolute Gasteiger partial charge is 0.251 e. The van der Waals surface area contributed by atoms with Crippen molar-refractivity contribution in [1.82, 2.24) is 9.97 Å². The van der Waals surface area contributed by atoms with E-state index in [0.717, 1.165) is 11.3 Å². The third-order valence-corrected chi connectivity index (χ3v) is 2.43. The molecule has 0 fully saturated rings. The van der Waals surface area contributed by atoms with Crippen molar-refractivity contribution in [2.24, 2.45) is 0 Å². The number of benzene rings is 1. The fourth-order valence-corrected chi connectivity index (χ4v) is 1.84. The summed E-state index contributed by atoms with van der Waals surface area (Å²) in [4.78, 5) is 8.25. The maximum Gasteiger partial charge on any atom is 0.155 e. The highest BCUT2D eigenvalue weighted by Crippen LogP contribution is 2.25. The summed E-state index contributed by atoms with van der Waals surface area (Å²) in [5, 5.41) is 0.447. The van der Waals surface area contributed by atoms with Crippen molar-refractivity contribution < 1.29 is 0 Å². The summed E-state index contributed by atoms with van der Waals surface area (Å²) in [5.74, 6) is 0. The van der Waals surface area contributed by atoms with Crippen molar-refractivity contribution in [3.63, 3.8) is 0 Å². The van der Waals surface area contributed by atoms with Crippen LogP contribution in [0.4, 0.5) is 0 Å². The summed E-state index contributed by atoms with van der Waals surface area (Å²) < 4.78 is 0. The van der Waals surface area contributed by atoms with Crippen LogP contribution in [-0.2, 0) is 0 Å². The van der Waals surface area contributed by atoms with E-state index in [4.69, 9.17) is 11.6 Å². The minimum absolute atomic E-state index is 0.447. The summed E-state index contributed by atoms with van der Waals surface area (Å²) in [6.07, 6.45) is 3.24. The molecule has 2 aromatic rings. The second-order valence-corrected chi connectivity index (χ2v) is 3.93. The van der Waals surface area contributed by atoms with E-state index in [1.54, 1.807) is 12.4 Å². The molecule has 0 N–H and O–H groups in total. The van der Waals surface area contributed by atoms with E-state index in [2.05, 4.69) is 42.0 Å². The van der Waals surface area contributed by atoms with Gasteiger partial charge in [0.05, 0.1) is 0 Å². The molecular formula is C12H11ClN2. The summed E-state index contributed by atoms with van der Waals surface area (Å²) in [7, 11) is 0. The highest BCUT2D eigenvalue weighted by atomic mass is 35.5. The minimum atomic E-state index is 0.447. The van der Waals surface area contributed by atoms with Gasteiger partial charge in [-0.1, -0.05) is 28.8 Å². The first kappa shape index (κ1) is 10.1. The smallest absolute Gasteiger partial charge is 0.155 e. The van der Waals surface area contributed by atoms with Crippen LogP contribution < -0.4 is 0 Å². The van der Waals surface area contributed by atoms with E-state index >= 15 is 0 Å². The number of hydrogen-bond acceptors (Lipinski definition) is 2. The van der Waals surface area contributed by atoms with Crippen LogP contribution in [-0.4, -0.2) is 9.97 Å². The minimum Gasteiger partial charge on any atom is -0.251 e. The molecule has 0 radical (unpaired) electrons. The standard InChI is InChI=1S/C12H11ClN2/c1-8-5-9(2)7-10(6-8)11-12(13)15-4-3-14-11/h3-7H,1-2H3. The van der Waals surface area contributed by atoms with Crippen LogP contribution in [0, 0.1) is 13.8 Å². The van der Waals surface area contributed by atoms with E-state index in [-0.39, 0.29) is 0 Å². The molecule has 1 aromatic heterocycles. The van der Waals surface area contributed by atoms with Crippen molar-refractivity contribution in [3.05, 3.63) is 46.9 Å². The zero-order chi connectivity index (χ0) is 10.8. The molecule has 0 saturated carbocycles. The number of aromatic nitrogens is 2. The Kier molecular flexibility index (Phi) is 2.69. The fraction of sp³-hybridized carbons (Fsp3) is 0.167. The van der Waals surface area contributed by atoms with Gasteiger partial charge in [0.2, 0.25) is 0 Å². The third-order valence-electron chi connectivity index (χ3n) is 2.15. The van der Waals surface area contributed by atoms with Crippen molar-refractivity contribution in [2.45, 2.75) is 13.8 Å². The predicted molar refractivity (Wildman–Crippen MR) is 62.0 cm³/mol. The average molecular weight is 219 g/mol. The lowest BCUT2D eigenvalue weighted by Crippen LogP contribution is -1.89. The quantitative estimate of drug-likeness (QED) is 0.733. The van der Waals surface area contributed by atoms with Gasteiger partial charge in [-0.25, -0.2) is 4.98 Å². The summed E-state index contributed by atoms with van der Waals surface area (Å²) >= 11 is 5.99. The summed E-state index contributed by atoms with van der Waals surface area (Å²) in [5.41, 5.74) is 4.16. The van der Waals surface area contributed by atoms with Gasteiger partial charge in [0.25, 0.3) is 0 Å². The zero-order valence-corrected chi connectivity index (χ0v) is 9.42. The Morgan fingerprint density at radius 3 is 2.13 bits per heavy atom. The number of aryl methyl sites for hydroxylation is 2. The van der Waals surface area contributed by atoms with Crippen molar-refractivity contribution in [1.29, 1.82) is 0 Å². The normalized spacial score (nSPS) is 10.3. The van der Waals surface area contributed by atoms with Gasteiger partial charge >= 0.3 is 0 Å². The zero-order valence-electron chi connectivity index (χ0n) is 8.66. The lowest BCUT2D eigenvalue weighted by Gasteiger charge is -2.05. The molecule has 0 spiro atoms. The monoisotopic (exact) mass is 218 g/mol. The molecule has 1 aromatic carbocycles. The van der Waals surface area contributed by atoms with Crippen molar-refractivity contribution in [3.8, 4) is 11.3 Å². The van der Waals surface area contributed by atoms with Gasteiger partial charge in [0, 0.05) is 18.0 Å². The van der Waals surface area contributed by atoms with Crippen LogP contribution in [0.3, 0.4) is 0 Å². The summed E-state index contributed by atoms with van der Waals surface area (Å²) in [6.45, 7) is 4.11. The Balaban J connectivity index is 2.59. The average Bonchev–Trinajstić information content (AvgIpc) is 2.16. The first-order valence-electron chi connectivity index (χ1n) is 4.72. The van der Waals surface area contributed by atoms with Crippen LogP contribution in [0.1, 0.15) is 11.1 Å². The van der Waals surface area contributed by atoms with Crippen LogP contribution in [0.2, 0.25) is 5.15 Å². The van der Waals surface area contributed by atoms with Crippen LogP contribution in [0.25, 0.3) is 11.3 Å². The van der Waals surface area contributed by atoms with Gasteiger partial charge in [-0.2, -0.15) is 0 Å². The number of halogens is 1. The van der Waals surface area contributed by atoms with Gasteiger partial charge in [-0.3, -0.25) is 4.98 Å². The first-order chi connectivity index (χ1) is 7.16. The highest BCUT2D eigenvalue weighted by Gasteiger charge is 2.05. The molecule has 0 aliphatic rings. The van der Waals surface area contributed by atoms with E-state index in [9.17, 15) is 0 Å². The van der Waals surface area contributed by atoms with Gasteiger partial charge in [0.1, 0.15) is 5.69 Å². The Morgan fingerprint density at radius 2 is 1.53 bits per heavy atom. The fourth-order valence-electron chi connectivity index (χ4n) is 1.63. The molecule has 0 saturated heterocycles. The second-order valence-electron chi connectivity index (χ2n) is 3.57. The van der Waals surface area contributed by atoms with Gasteiger partial charge in [-0.15, -0.1) is 0 Å². The third kappa shape index (κ3) is 2.16. The molecule has 0 unspecified atom stereocenters. The van der Waals surface area contributed by atoms with Crippen molar-refractivity contribution in [2.75, 3.05) is 0 Å². The van der Waals surface area contributed by atoms with E-state index in [1.807, 2.05) is 0 Å². The molecule has 1 heterocycles. The Hall–Kier alpha value is -1.41. The second kappa shape index (κ2) is 3.99. The topological polar surface area (TPSA) is 25.8 Å². The molecule has 15 heavy (non-hydrogen) atoms. The Labute approximate surface area is 94.0 Å². The molecule has 0 aliphatic carbocycles. The molecule has 0 atom stereocenters. The molecule has 76 valence electrons. The number of hydrogen-bond donors (Lipinski definition) is 0. The highest BCUT2D eigenvalue weighted by molar-refractivity contribution is 6.31. The van der Waals surface area contributed by atoms with Gasteiger partial charge in [0.15, 0.2) is 5.15 Å². The maximum absolute atomic E-state index is 5.99. The van der Waals surface area contributed by atoms with Gasteiger partial charge in [-0.05, 0) is 26.0 Å². The molecule has 3 heteroatoms. The van der Waals surface area contributed by atoms with Gasteiger partial charge < -0.3 is 0 Å². The number of rotatable bonds is 1. The van der Waals surface area contributed by atoms with Crippen LogP contribution >= 0.6 is 11.6 Å². The van der Waals surface area contributed by atoms with Crippen LogP contribution in [0.5, 0.6) is 0 Å². The molecule has 2 nitrogen and oxygen atoms in total. The molecule has 0 bridgehead atoms. The molecule has 0 aliphatic heterocycles. The number of nitrogens with zero attached hydrogens (tertiary/aromatic N) is 2. The Bertz CT molecular complexity index is 474. The SMILES string of the molecule is Cc1cc(C)cc(-c2nccnc2Cl)c1. The van der Waals surface area contributed by atoms with Crippen LogP contribution in [0.15, 0.2) is 30.6 Å². The van der Waals surface area contributed by atoms with E-state index < -0.39 is 0 Å². The molecular weight excluding hydrogens is 208 g/mol.